The molecular formula is C19H32BNO3. The van der Waals surface area contributed by atoms with Crippen molar-refractivity contribution in [2.45, 2.75) is 71.0 Å². The Morgan fingerprint density at radius 3 is 2.04 bits per heavy atom. The molecule has 0 aromatic rings. The van der Waals surface area contributed by atoms with Gasteiger partial charge in [-0.05, 0) is 71.3 Å². The van der Waals surface area contributed by atoms with Crippen LogP contribution in [0.25, 0.3) is 0 Å². The molecule has 1 amide bonds. The molecule has 0 unspecified atom stereocenters. The molecule has 0 atom stereocenters. The van der Waals surface area contributed by atoms with E-state index in [9.17, 15) is 4.79 Å². The van der Waals surface area contributed by atoms with Gasteiger partial charge in [-0.15, -0.1) is 5.47 Å². The van der Waals surface area contributed by atoms with E-state index in [-0.39, 0.29) is 5.91 Å². The molecule has 1 saturated heterocycles. The van der Waals surface area contributed by atoms with E-state index in [1.807, 2.05) is 4.90 Å². The topological polar surface area (TPSA) is 60.8 Å². The molecule has 0 aromatic heterocycles. The van der Waals surface area contributed by atoms with Crippen LogP contribution in [0.2, 0.25) is 0 Å². The van der Waals surface area contributed by atoms with E-state index in [4.69, 9.17) is 18.1 Å². The van der Waals surface area contributed by atoms with Crippen molar-refractivity contribution in [2.75, 3.05) is 13.1 Å². The Labute approximate surface area is 148 Å². The summed E-state index contributed by atoms with van der Waals surface area (Å²) in [6.07, 6.45) is 9.10. The van der Waals surface area contributed by atoms with Crippen LogP contribution in [0, 0.1) is 5.41 Å². The maximum Gasteiger partial charge on any atom is 0.245 e. The number of amides is 1. The van der Waals surface area contributed by atoms with Crippen LogP contribution in [-0.4, -0.2) is 53.2 Å². The number of carbonyl (C=O) groups is 1. The summed E-state index contributed by atoms with van der Waals surface area (Å²) in [4.78, 5) is 13.4. The van der Waals surface area contributed by atoms with E-state index in [1.165, 1.54) is 12.5 Å². The summed E-state index contributed by atoms with van der Waals surface area (Å²) in [5, 5.41) is 18.2. The molecule has 1 aliphatic heterocycles. The molecule has 1 heterocycles. The number of hydrogen-bond donors (Lipinski definition) is 2. The van der Waals surface area contributed by atoms with Gasteiger partial charge >= 0.3 is 0 Å². The Kier molecular flexibility index (Phi) is 6.89. The average molecular weight is 333 g/mol. The lowest BCUT2D eigenvalue weighted by Gasteiger charge is -2.43. The highest BCUT2D eigenvalue weighted by Gasteiger charge is 2.35. The maximum absolute atomic E-state index is 11.5. The molecule has 134 valence electrons. The minimum atomic E-state index is -1.01. The molecule has 0 bridgehead atoms. The van der Waals surface area contributed by atoms with Gasteiger partial charge in [0, 0.05) is 13.1 Å². The molecule has 0 aromatic carbocycles. The SMILES string of the molecule is CC(C)(O)C(C)(C)O.[B]C1=CCC2(CC1)CCN(C(=O)C=C)CC2. The quantitative estimate of drug-likeness (QED) is 0.603. The molecule has 1 fully saturated rings. The van der Waals surface area contributed by atoms with Crippen LogP contribution in [0.3, 0.4) is 0 Å². The van der Waals surface area contributed by atoms with Crippen LogP contribution in [-0.2, 0) is 4.79 Å². The minimum Gasteiger partial charge on any atom is -0.387 e. The van der Waals surface area contributed by atoms with Crippen molar-refractivity contribution in [3.8, 4) is 0 Å². The third-order valence-electron chi connectivity index (χ3n) is 5.55. The predicted octanol–water partition coefficient (Wildman–Crippen LogP) is 2.55. The van der Waals surface area contributed by atoms with Gasteiger partial charge in [0.1, 0.15) is 7.85 Å². The Morgan fingerprint density at radius 2 is 1.71 bits per heavy atom. The second-order valence-electron chi connectivity index (χ2n) is 8.13. The highest BCUT2D eigenvalue weighted by molar-refractivity contribution is 6.21. The monoisotopic (exact) mass is 333 g/mol. The zero-order chi connectivity index (χ0) is 18.6. The number of likely N-dealkylation sites (tertiary alicyclic amines) is 1. The molecule has 5 heteroatoms. The summed E-state index contributed by atoms with van der Waals surface area (Å²) in [6.45, 7) is 11.6. The number of carbonyl (C=O) groups excluding carboxylic acids is 1. The Balaban J connectivity index is 0.000000307. The van der Waals surface area contributed by atoms with Crippen molar-refractivity contribution in [3.05, 3.63) is 24.2 Å². The summed E-state index contributed by atoms with van der Waals surface area (Å²) < 4.78 is 0. The van der Waals surface area contributed by atoms with Gasteiger partial charge in [-0.1, -0.05) is 12.7 Å². The van der Waals surface area contributed by atoms with E-state index in [1.54, 1.807) is 27.7 Å². The summed E-state index contributed by atoms with van der Waals surface area (Å²) in [5.41, 5.74) is -0.559. The van der Waals surface area contributed by atoms with Crippen molar-refractivity contribution in [2.24, 2.45) is 5.41 Å². The molecule has 2 aliphatic rings. The van der Waals surface area contributed by atoms with Crippen LogP contribution in [0.1, 0.15) is 59.8 Å². The van der Waals surface area contributed by atoms with E-state index in [0.717, 1.165) is 44.2 Å². The summed E-state index contributed by atoms with van der Waals surface area (Å²) >= 11 is 0. The second kappa shape index (κ2) is 7.88. The van der Waals surface area contributed by atoms with Crippen molar-refractivity contribution < 1.29 is 15.0 Å². The number of hydrogen-bond acceptors (Lipinski definition) is 3. The average Bonchev–Trinajstić information content (AvgIpc) is 2.49. The van der Waals surface area contributed by atoms with Crippen LogP contribution < -0.4 is 0 Å². The standard InChI is InChI=1S/C13H18BNO.C6H14O2/c1-2-12(16)15-9-7-13(8-10-15)5-3-11(14)4-6-13;1-5(2,7)6(3,4)8/h2-3H,1,4-10H2;7-8H,1-4H3. The Bertz CT molecular complexity index is 466. The molecule has 0 saturated carbocycles. The first-order valence-corrected chi connectivity index (χ1v) is 8.71. The lowest BCUT2D eigenvalue weighted by Crippen LogP contribution is -2.44. The van der Waals surface area contributed by atoms with Crippen LogP contribution in [0.4, 0.5) is 0 Å². The first kappa shape index (κ1) is 21.0. The molecule has 1 spiro atoms. The van der Waals surface area contributed by atoms with Crippen molar-refractivity contribution in [1.82, 2.24) is 4.90 Å². The molecule has 24 heavy (non-hydrogen) atoms. The van der Waals surface area contributed by atoms with Gasteiger partial charge in [0.15, 0.2) is 0 Å². The molecule has 2 rings (SSSR count). The maximum atomic E-state index is 11.5. The number of allylic oxidation sites excluding steroid dienone is 2. The summed E-state index contributed by atoms with van der Waals surface area (Å²) in [5.74, 6) is 0.0701. The van der Waals surface area contributed by atoms with Gasteiger partial charge in [0.25, 0.3) is 0 Å². The van der Waals surface area contributed by atoms with Gasteiger partial charge in [0.05, 0.1) is 11.2 Å². The molecule has 2 radical (unpaired) electrons. The summed E-state index contributed by atoms with van der Waals surface area (Å²) in [7, 11) is 5.81. The normalized spacial score (nSPS) is 20.8. The fraction of sp³-hybridized carbons (Fsp3) is 0.737. The van der Waals surface area contributed by atoms with Gasteiger partial charge in [0.2, 0.25) is 5.91 Å². The highest BCUT2D eigenvalue weighted by Crippen LogP contribution is 2.43. The predicted molar refractivity (Wildman–Crippen MR) is 98.7 cm³/mol. The number of piperidine rings is 1. The van der Waals surface area contributed by atoms with Gasteiger partial charge in [-0.25, -0.2) is 0 Å². The van der Waals surface area contributed by atoms with E-state index >= 15 is 0 Å². The van der Waals surface area contributed by atoms with Crippen molar-refractivity contribution in [3.63, 3.8) is 0 Å². The Hall–Kier alpha value is -1.07. The smallest absolute Gasteiger partial charge is 0.245 e. The van der Waals surface area contributed by atoms with Gasteiger partial charge in [-0.2, -0.15) is 0 Å². The van der Waals surface area contributed by atoms with Gasteiger partial charge < -0.3 is 15.1 Å². The van der Waals surface area contributed by atoms with Crippen molar-refractivity contribution >= 4 is 13.8 Å². The largest absolute Gasteiger partial charge is 0.387 e. The number of nitrogens with zero attached hydrogens (tertiary/aromatic N) is 1. The van der Waals surface area contributed by atoms with E-state index in [0.29, 0.717) is 5.41 Å². The fourth-order valence-electron chi connectivity index (χ4n) is 2.75. The first-order valence-electron chi connectivity index (χ1n) is 8.71. The number of aliphatic hydroxyl groups is 2. The van der Waals surface area contributed by atoms with Crippen LogP contribution in [0.5, 0.6) is 0 Å². The summed E-state index contributed by atoms with van der Waals surface area (Å²) in [6, 6.07) is 0. The van der Waals surface area contributed by atoms with Gasteiger partial charge in [-0.3, -0.25) is 4.79 Å². The van der Waals surface area contributed by atoms with Crippen molar-refractivity contribution in [1.29, 1.82) is 0 Å². The number of rotatable bonds is 2. The van der Waals surface area contributed by atoms with Crippen LogP contribution in [0.15, 0.2) is 24.2 Å². The first-order chi connectivity index (χ1) is 10.9. The Morgan fingerprint density at radius 1 is 1.21 bits per heavy atom. The molecule has 4 nitrogen and oxygen atoms in total. The third-order valence-corrected chi connectivity index (χ3v) is 5.55. The molecular weight excluding hydrogens is 301 g/mol. The van der Waals surface area contributed by atoms with E-state index in [2.05, 4.69) is 12.7 Å². The van der Waals surface area contributed by atoms with E-state index < -0.39 is 11.2 Å². The minimum absolute atomic E-state index is 0.0701. The molecule has 1 aliphatic carbocycles. The van der Waals surface area contributed by atoms with Crippen LogP contribution >= 0.6 is 0 Å². The second-order valence-corrected chi connectivity index (χ2v) is 8.13. The fourth-order valence-corrected chi connectivity index (χ4v) is 2.75. The third kappa shape index (κ3) is 5.78. The molecule has 2 N–H and O–H groups in total. The highest BCUT2D eigenvalue weighted by atomic mass is 16.3. The zero-order valence-corrected chi connectivity index (χ0v) is 15.6. The zero-order valence-electron chi connectivity index (χ0n) is 15.6. The lowest BCUT2D eigenvalue weighted by molar-refractivity contribution is -0.128. The lowest BCUT2D eigenvalue weighted by atomic mass is 9.66.